The highest BCUT2D eigenvalue weighted by atomic mass is 16.5. The smallest absolute Gasteiger partial charge is 0.0620 e. The molecular weight excluding hydrogens is 152 g/mol. The lowest BCUT2D eigenvalue weighted by atomic mass is 10.2. The van der Waals surface area contributed by atoms with Crippen LogP contribution >= 0.6 is 0 Å². The molecule has 0 radical (unpaired) electrons. The van der Waals surface area contributed by atoms with Gasteiger partial charge in [0.1, 0.15) is 0 Å². The second-order valence-electron chi connectivity index (χ2n) is 3.01. The average Bonchev–Trinajstić information content (AvgIpc) is 2.14. The zero-order valence-corrected chi connectivity index (χ0v) is 7.51. The standard InChI is InChI=1S/C9H18N2O/c1-2-4-10-5-3-9-8-12-7-6-11-9/h2,9-11H,1,3-8H2. The van der Waals surface area contributed by atoms with Crippen molar-refractivity contribution in [2.24, 2.45) is 0 Å². The van der Waals surface area contributed by atoms with Crippen LogP contribution in [0.1, 0.15) is 6.42 Å². The van der Waals surface area contributed by atoms with Gasteiger partial charge < -0.3 is 15.4 Å². The molecule has 0 aliphatic carbocycles. The number of rotatable bonds is 5. The Balaban J connectivity index is 1.94. The topological polar surface area (TPSA) is 33.3 Å². The second-order valence-corrected chi connectivity index (χ2v) is 3.01. The summed E-state index contributed by atoms with van der Waals surface area (Å²) in [7, 11) is 0. The number of morpholine rings is 1. The summed E-state index contributed by atoms with van der Waals surface area (Å²) in [4.78, 5) is 0. The van der Waals surface area contributed by atoms with E-state index in [0.29, 0.717) is 6.04 Å². The molecular formula is C9H18N2O. The minimum Gasteiger partial charge on any atom is -0.379 e. The highest BCUT2D eigenvalue weighted by Gasteiger charge is 2.11. The van der Waals surface area contributed by atoms with Crippen LogP contribution in [0.4, 0.5) is 0 Å². The second kappa shape index (κ2) is 6.17. The molecule has 1 rings (SSSR count). The largest absolute Gasteiger partial charge is 0.379 e. The number of ether oxygens (including phenoxy) is 1. The van der Waals surface area contributed by atoms with E-state index in [4.69, 9.17) is 4.74 Å². The maximum Gasteiger partial charge on any atom is 0.0620 e. The highest BCUT2D eigenvalue weighted by molar-refractivity contribution is 4.73. The van der Waals surface area contributed by atoms with Gasteiger partial charge >= 0.3 is 0 Å². The third-order valence-corrected chi connectivity index (χ3v) is 1.96. The van der Waals surface area contributed by atoms with E-state index in [-0.39, 0.29) is 0 Å². The fourth-order valence-corrected chi connectivity index (χ4v) is 1.29. The van der Waals surface area contributed by atoms with Crippen LogP contribution in [0.5, 0.6) is 0 Å². The molecule has 1 unspecified atom stereocenters. The van der Waals surface area contributed by atoms with E-state index in [2.05, 4.69) is 17.2 Å². The Hall–Kier alpha value is -0.380. The van der Waals surface area contributed by atoms with Crippen LogP contribution in [-0.2, 0) is 4.74 Å². The predicted molar refractivity (Wildman–Crippen MR) is 50.3 cm³/mol. The van der Waals surface area contributed by atoms with Crippen LogP contribution in [-0.4, -0.2) is 38.9 Å². The van der Waals surface area contributed by atoms with E-state index < -0.39 is 0 Å². The lowest BCUT2D eigenvalue weighted by molar-refractivity contribution is 0.0743. The minimum absolute atomic E-state index is 0.538. The fraction of sp³-hybridized carbons (Fsp3) is 0.778. The molecule has 0 aromatic carbocycles. The molecule has 0 aromatic heterocycles. The summed E-state index contributed by atoms with van der Waals surface area (Å²) >= 11 is 0. The average molecular weight is 170 g/mol. The molecule has 1 saturated heterocycles. The first-order valence-corrected chi connectivity index (χ1v) is 4.56. The van der Waals surface area contributed by atoms with Crippen LogP contribution in [0.3, 0.4) is 0 Å². The molecule has 1 atom stereocenters. The van der Waals surface area contributed by atoms with E-state index >= 15 is 0 Å². The van der Waals surface area contributed by atoms with E-state index in [0.717, 1.165) is 39.3 Å². The summed E-state index contributed by atoms with van der Waals surface area (Å²) in [5.74, 6) is 0. The molecule has 0 amide bonds. The van der Waals surface area contributed by atoms with Crippen molar-refractivity contribution in [3.05, 3.63) is 12.7 Å². The zero-order valence-electron chi connectivity index (χ0n) is 7.51. The Morgan fingerprint density at radius 1 is 1.67 bits per heavy atom. The molecule has 3 nitrogen and oxygen atoms in total. The third kappa shape index (κ3) is 3.85. The van der Waals surface area contributed by atoms with Crippen molar-refractivity contribution in [1.29, 1.82) is 0 Å². The van der Waals surface area contributed by atoms with Crippen molar-refractivity contribution >= 4 is 0 Å². The molecule has 12 heavy (non-hydrogen) atoms. The van der Waals surface area contributed by atoms with Crippen LogP contribution in [0.2, 0.25) is 0 Å². The van der Waals surface area contributed by atoms with Crippen LogP contribution < -0.4 is 10.6 Å². The molecule has 0 saturated carbocycles. The maximum absolute atomic E-state index is 5.33. The lowest BCUT2D eigenvalue weighted by Gasteiger charge is -2.23. The van der Waals surface area contributed by atoms with E-state index in [1.54, 1.807) is 0 Å². The van der Waals surface area contributed by atoms with Crippen molar-refractivity contribution < 1.29 is 4.74 Å². The lowest BCUT2D eigenvalue weighted by Crippen LogP contribution is -2.42. The highest BCUT2D eigenvalue weighted by Crippen LogP contribution is 1.96. The van der Waals surface area contributed by atoms with Crippen molar-refractivity contribution in [1.82, 2.24) is 10.6 Å². The van der Waals surface area contributed by atoms with Gasteiger partial charge in [-0.05, 0) is 13.0 Å². The number of hydrogen-bond donors (Lipinski definition) is 2. The van der Waals surface area contributed by atoms with Crippen molar-refractivity contribution in [2.45, 2.75) is 12.5 Å². The Kier molecular flexibility index (Phi) is 4.99. The molecule has 70 valence electrons. The normalized spacial score (nSPS) is 23.8. The maximum atomic E-state index is 5.33. The molecule has 2 N–H and O–H groups in total. The summed E-state index contributed by atoms with van der Waals surface area (Å²) in [5.41, 5.74) is 0. The minimum atomic E-state index is 0.538. The number of hydrogen-bond acceptors (Lipinski definition) is 3. The summed E-state index contributed by atoms with van der Waals surface area (Å²) in [5, 5.41) is 6.67. The van der Waals surface area contributed by atoms with Gasteiger partial charge in [-0.15, -0.1) is 6.58 Å². The monoisotopic (exact) mass is 170 g/mol. The zero-order chi connectivity index (χ0) is 8.65. The predicted octanol–water partition coefficient (Wildman–Crippen LogP) is 0.140. The fourth-order valence-electron chi connectivity index (χ4n) is 1.29. The molecule has 1 fully saturated rings. The van der Waals surface area contributed by atoms with Gasteiger partial charge in [0.25, 0.3) is 0 Å². The summed E-state index contributed by atoms with van der Waals surface area (Å²) in [6.07, 6.45) is 3.01. The van der Waals surface area contributed by atoms with Crippen LogP contribution in [0, 0.1) is 0 Å². The molecule has 1 aliphatic heterocycles. The Labute approximate surface area is 74.2 Å². The Bertz CT molecular complexity index is 122. The van der Waals surface area contributed by atoms with Crippen molar-refractivity contribution in [3.63, 3.8) is 0 Å². The number of nitrogens with one attached hydrogen (secondary N) is 2. The van der Waals surface area contributed by atoms with E-state index in [1.807, 2.05) is 6.08 Å². The third-order valence-electron chi connectivity index (χ3n) is 1.96. The molecule has 1 aliphatic rings. The first-order chi connectivity index (χ1) is 5.93. The first-order valence-electron chi connectivity index (χ1n) is 4.56. The van der Waals surface area contributed by atoms with Crippen LogP contribution in [0.15, 0.2) is 12.7 Å². The van der Waals surface area contributed by atoms with E-state index in [1.165, 1.54) is 0 Å². The Morgan fingerprint density at radius 2 is 2.58 bits per heavy atom. The SMILES string of the molecule is C=CCNCCC1COCCN1. The van der Waals surface area contributed by atoms with Gasteiger partial charge in [-0.3, -0.25) is 0 Å². The quantitative estimate of drug-likeness (QED) is 0.455. The molecule has 0 spiro atoms. The molecule has 3 heteroatoms. The van der Waals surface area contributed by atoms with Gasteiger partial charge in [-0.1, -0.05) is 6.08 Å². The van der Waals surface area contributed by atoms with Gasteiger partial charge in [-0.2, -0.15) is 0 Å². The van der Waals surface area contributed by atoms with Gasteiger partial charge in [0.15, 0.2) is 0 Å². The van der Waals surface area contributed by atoms with Gasteiger partial charge in [0, 0.05) is 19.1 Å². The van der Waals surface area contributed by atoms with Gasteiger partial charge in [0.2, 0.25) is 0 Å². The summed E-state index contributed by atoms with van der Waals surface area (Å²) in [6.45, 7) is 8.28. The molecule has 0 bridgehead atoms. The Morgan fingerprint density at radius 3 is 3.25 bits per heavy atom. The van der Waals surface area contributed by atoms with Crippen LogP contribution in [0.25, 0.3) is 0 Å². The summed E-state index contributed by atoms with van der Waals surface area (Å²) < 4.78 is 5.33. The van der Waals surface area contributed by atoms with Gasteiger partial charge in [-0.25, -0.2) is 0 Å². The first kappa shape index (κ1) is 9.71. The van der Waals surface area contributed by atoms with Crippen molar-refractivity contribution in [2.75, 3.05) is 32.8 Å². The molecule has 0 aromatic rings. The van der Waals surface area contributed by atoms with Crippen molar-refractivity contribution in [3.8, 4) is 0 Å². The summed E-state index contributed by atoms with van der Waals surface area (Å²) in [6, 6.07) is 0.538. The molecule has 1 heterocycles. The van der Waals surface area contributed by atoms with Gasteiger partial charge in [0.05, 0.1) is 13.2 Å². The van der Waals surface area contributed by atoms with E-state index in [9.17, 15) is 0 Å².